The number of nitro benzene ring substituents is 1. The van der Waals surface area contributed by atoms with Crippen LogP contribution >= 0.6 is 0 Å². The van der Waals surface area contributed by atoms with Crippen LogP contribution in [0.3, 0.4) is 0 Å². The van der Waals surface area contributed by atoms with Crippen molar-refractivity contribution in [1.29, 1.82) is 0 Å². The van der Waals surface area contributed by atoms with Crippen LogP contribution in [0.1, 0.15) is 17.0 Å². The molecule has 0 bridgehead atoms. The molecule has 0 aliphatic rings. The van der Waals surface area contributed by atoms with E-state index < -0.39 is 16.2 Å². The summed E-state index contributed by atoms with van der Waals surface area (Å²) >= 11 is 0. The number of benzene rings is 2. The zero-order valence-corrected chi connectivity index (χ0v) is 17.5. The van der Waals surface area contributed by atoms with Crippen molar-refractivity contribution in [1.82, 2.24) is 14.2 Å². The van der Waals surface area contributed by atoms with Crippen LogP contribution in [0.4, 0.5) is 5.69 Å². The minimum Gasteiger partial charge on any atom is -0.494 e. The summed E-state index contributed by atoms with van der Waals surface area (Å²) < 4.78 is 8.00. The Kier molecular flexibility index (Phi) is 5.19. The molecule has 0 saturated carbocycles. The first-order valence-electron chi connectivity index (χ1n) is 9.62. The lowest BCUT2D eigenvalue weighted by Crippen LogP contribution is -2.32. The molecule has 2 aromatic heterocycles. The molecule has 0 atom stereocenters. The van der Waals surface area contributed by atoms with E-state index >= 15 is 0 Å². The average molecular weight is 433 g/mol. The fraction of sp³-hybridized carbons (Fsp3) is 0.136. The van der Waals surface area contributed by atoms with Gasteiger partial charge in [-0.3, -0.25) is 14.9 Å². The van der Waals surface area contributed by atoms with E-state index in [-0.39, 0.29) is 5.69 Å². The van der Waals surface area contributed by atoms with E-state index in [9.17, 15) is 19.7 Å². The van der Waals surface area contributed by atoms with Crippen molar-refractivity contribution < 1.29 is 9.66 Å². The number of rotatable bonds is 5. The third kappa shape index (κ3) is 3.47. The van der Waals surface area contributed by atoms with Gasteiger partial charge in [0, 0.05) is 23.0 Å². The number of ether oxygens (including phenoxy) is 1. The number of H-pyrrole nitrogens is 1. The van der Waals surface area contributed by atoms with Gasteiger partial charge in [0.25, 0.3) is 11.2 Å². The van der Waals surface area contributed by atoms with Crippen molar-refractivity contribution in [3.05, 3.63) is 96.4 Å². The number of fused-ring (bicyclic) bond motifs is 1. The van der Waals surface area contributed by atoms with E-state index in [4.69, 9.17) is 4.74 Å². The van der Waals surface area contributed by atoms with Gasteiger partial charge < -0.3 is 14.3 Å². The molecular weight excluding hydrogens is 414 g/mol. The first kappa shape index (κ1) is 20.8. The zero-order valence-electron chi connectivity index (χ0n) is 17.5. The molecule has 0 fully saturated rings. The van der Waals surface area contributed by atoms with Crippen molar-refractivity contribution in [2.75, 3.05) is 7.11 Å². The smallest absolute Gasteiger partial charge is 0.349 e. The van der Waals surface area contributed by atoms with Crippen LogP contribution < -0.4 is 16.0 Å². The van der Waals surface area contributed by atoms with Crippen molar-refractivity contribution in [3.8, 4) is 11.4 Å². The molecule has 0 saturated heterocycles. The maximum absolute atomic E-state index is 12.7. The van der Waals surface area contributed by atoms with Gasteiger partial charge in [0.05, 0.1) is 40.9 Å². The van der Waals surface area contributed by atoms with E-state index in [1.165, 1.54) is 25.5 Å². The van der Waals surface area contributed by atoms with Crippen LogP contribution in [0.25, 0.3) is 16.6 Å². The van der Waals surface area contributed by atoms with E-state index in [2.05, 4.69) is 10.1 Å². The summed E-state index contributed by atoms with van der Waals surface area (Å²) in [6.45, 7) is 3.70. The van der Waals surface area contributed by atoms with Crippen LogP contribution in [0.15, 0.2) is 63.2 Å². The van der Waals surface area contributed by atoms with Gasteiger partial charge in [0.2, 0.25) is 0 Å². The molecule has 0 amide bonds. The molecular formula is C22H19N5O5. The van der Waals surface area contributed by atoms with Gasteiger partial charge >= 0.3 is 5.69 Å². The number of aromatic nitrogens is 3. The molecule has 0 aliphatic carbocycles. The van der Waals surface area contributed by atoms with Crippen molar-refractivity contribution in [2.24, 2.45) is 5.10 Å². The Bertz CT molecular complexity index is 1510. The van der Waals surface area contributed by atoms with Gasteiger partial charge in [0.15, 0.2) is 0 Å². The van der Waals surface area contributed by atoms with Crippen LogP contribution in [0, 0.1) is 24.0 Å². The van der Waals surface area contributed by atoms with Gasteiger partial charge in [-0.2, -0.15) is 5.10 Å². The van der Waals surface area contributed by atoms with Crippen molar-refractivity contribution in [3.63, 3.8) is 0 Å². The number of methoxy groups -OCH3 is 1. The Morgan fingerprint density at radius 2 is 1.88 bits per heavy atom. The third-order valence-corrected chi connectivity index (χ3v) is 5.18. The molecule has 1 N–H and O–H groups in total. The molecule has 2 aromatic carbocycles. The lowest BCUT2D eigenvalue weighted by molar-refractivity contribution is -0.384. The summed E-state index contributed by atoms with van der Waals surface area (Å²) in [5.74, 6) is 0.340. The second-order valence-corrected chi connectivity index (χ2v) is 7.11. The molecule has 2 heterocycles. The number of para-hydroxylation sites is 1. The summed E-state index contributed by atoms with van der Waals surface area (Å²) in [6, 6.07) is 12.9. The Balaban J connectivity index is 1.79. The number of nitrogens with zero attached hydrogens (tertiary/aromatic N) is 4. The highest BCUT2D eigenvalue weighted by Gasteiger charge is 2.17. The maximum atomic E-state index is 12.7. The molecule has 162 valence electrons. The molecule has 4 aromatic rings. The first-order valence-corrected chi connectivity index (χ1v) is 9.62. The predicted octanol–water partition coefficient (Wildman–Crippen LogP) is 2.90. The number of nitro groups is 1. The van der Waals surface area contributed by atoms with Crippen molar-refractivity contribution in [2.45, 2.75) is 13.8 Å². The summed E-state index contributed by atoms with van der Waals surface area (Å²) in [6.07, 6.45) is 1.43. The Labute approximate surface area is 181 Å². The molecule has 0 unspecified atom stereocenters. The number of hydrogen-bond donors (Lipinski definition) is 1. The Morgan fingerprint density at radius 3 is 2.59 bits per heavy atom. The van der Waals surface area contributed by atoms with Crippen LogP contribution in [-0.2, 0) is 0 Å². The summed E-state index contributed by atoms with van der Waals surface area (Å²) in [5.41, 5.74) is 2.06. The first-order chi connectivity index (χ1) is 15.3. The number of nitrogens with one attached hydrogen (secondary N) is 1. The highest BCUT2D eigenvalue weighted by Crippen LogP contribution is 2.31. The van der Waals surface area contributed by atoms with Gasteiger partial charge in [0.1, 0.15) is 5.75 Å². The molecule has 10 nitrogen and oxygen atoms in total. The fourth-order valence-corrected chi connectivity index (χ4v) is 3.63. The van der Waals surface area contributed by atoms with Gasteiger partial charge in [-0.05, 0) is 38.1 Å². The average Bonchev–Trinajstić information content (AvgIpc) is 3.06. The zero-order chi connectivity index (χ0) is 23.0. The summed E-state index contributed by atoms with van der Waals surface area (Å²) in [7, 11) is 1.44. The van der Waals surface area contributed by atoms with E-state index in [1.807, 2.05) is 24.5 Å². The number of hydrogen-bond acceptors (Lipinski definition) is 6. The predicted molar refractivity (Wildman–Crippen MR) is 120 cm³/mol. The highest BCUT2D eigenvalue weighted by molar-refractivity contribution is 5.82. The molecule has 10 heteroatoms. The fourth-order valence-electron chi connectivity index (χ4n) is 3.63. The lowest BCUT2D eigenvalue weighted by Gasteiger charge is -2.13. The maximum Gasteiger partial charge on any atom is 0.349 e. The molecule has 32 heavy (non-hydrogen) atoms. The topological polar surface area (TPSA) is 125 Å². The standard InChI is InChI=1S/C22H19N5O5/c1-13-10-15(12-23-26-21(28)17-6-4-5-7-18(17)24-22(26)29)14(2)25(13)19-9-8-16(27(30)31)11-20(19)32-3/h4-12H,1-3H3,(H,24,29). The van der Waals surface area contributed by atoms with Gasteiger partial charge in [-0.25, -0.2) is 4.79 Å². The van der Waals surface area contributed by atoms with Crippen LogP contribution in [0.2, 0.25) is 0 Å². The quantitative estimate of drug-likeness (QED) is 0.294. The number of aromatic amines is 1. The SMILES string of the molecule is COc1cc([N+](=O)[O-])ccc1-n1c(C)cc(C=Nn2c(=O)[nH]c3ccccc3c2=O)c1C. The minimum absolute atomic E-state index is 0.0789. The molecule has 0 spiro atoms. The third-order valence-electron chi connectivity index (χ3n) is 5.18. The van der Waals surface area contributed by atoms with Crippen LogP contribution in [-0.4, -0.2) is 32.5 Å². The van der Waals surface area contributed by atoms with E-state index in [1.54, 1.807) is 30.3 Å². The number of non-ortho nitro benzene ring substituents is 1. The largest absolute Gasteiger partial charge is 0.494 e. The summed E-state index contributed by atoms with van der Waals surface area (Å²) in [4.78, 5) is 38.2. The van der Waals surface area contributed by atoms with Crippen molar-refractivity contribution >= 4 is 22.8 Å². The lowest BCUT2D eigenvalue weighted by atomic mass is 10.2. The number of aryl methyl sites for hydroxylation is 1. The van der Waals surface area contributed by atoms with Gasteiger partial charge in [-0.1, -0.05) is 12.1 Å². The summed E-state index contributed by atoms with van der Waals surface area (Å²) in [5, 5.41) is 15.5. The molecule has 0 radical (unpaired) electrons. The molecule has 0 aliphatic heterocycles. The molecule has 4 rings (SSSR count). The second kappa shape index (κ2) is 7.99. The highest BCUT2D eigenvalue weighted by atomic mass is 16.6. The normalized spacial score (nSPS) is 11.3. The second-order valence-electron chi connectivity index (χ2n) is 7.11. The minimum atomic E-state index is -0.643. The van der Waals surface area contributed by atoms with E-state index in [0.717, 1.165) is 16.1 Å². The Morgan fingerprint density at radius 1 is 1.12 bits per heavy atom. The Hall–Kier alpha value is -4.47. The van der Waals surface area contributed by atoms with Crippen LogP contribution in [0.5, 0.6) is 5.75 Å². The monoisotopic (exact) mass is 433 g/mol. The van der Waals surface area contributed by atoms with E-state index in [0.29, 0.717) is 27.9 Å². The van der Waals surface area contributed by atoms with Gasteiger partial charge in [-0.15, -0.1) is 4.68 Å².